The molecule has 5 heteroatoms. The molecular weight excluding hydrogens is 280 g/mol. The average Bonchev–Trinajstić information content (AvgIpc) is 2.55. The zero-order chi connectivity index (χ0) is 15.5. The molecule has 0 aliphatic heterocycles. The molecule has 0 atom stereocenters. The molecule has 112 valence electrons. The van der Waals surface area contributed by atoms with Crippen LogP contribution in [-0.2, 0) is 13.0 Å². The Balaban J connectivity index is 1.90. The number of aromatic nitrogens is 2. The van der Waals surface area contributed by atoms with E-state index in [9.17, 15) is 9.59 Å². The van der Waals surface area contributed by atoms with E-state index in [4.69, 9.17) is 4.74 Å². The molecule has 3 rings (SSSR count). The third-order valence-corrected chi connectivity index (χ3v) is 3.67. The van der Waals surface area contributed by atoms with Gasteiger partial charge in [-0.3, -0.25) is 9.36 Å². The van der Waals surface area contributed by atoms with Gasteiger partial charge in [0.05, 0.1) is 18.0 Å². The summed E-state index contributed by atoms with van der Waals surface area (Å²) in [6.45, 7) is 0.339. The number of methoxy groups -OCH3 is 1. The number of hydrogen-bond donors (Lipinski definition) is 1. The third kappa shape index (κ3) is 2.65. The Kier molecular flexibility index (Phi) is 3.78. The van der Waals surface area contributed by atoms with Crippen LogP contribution in [-0.4, -0.2) is 16.7 Å². The van der Waals surface area contributed by atoms with E-state index in [2.05, 4.69) is 4.98 Å². The second kappa shape index (κ2) is 5.89. The van der Waals surface area contributed by atoms with Crippen molar-refractivity contribution in [3.05, 3.63) is 74.9 Å². The molecule has 0 amide bonds. The summed E-state index contributed by atoms with van der Waals surface area (Å²) >= 11 is 0. The highest BCUT2D eigenvalue weighted by Crippen LogP contribution is 2.12. The van der Waals surface area contributed by atoms with E-state index < -0.39 is 0 Å². The molecular formula is C17H16N2O3. The zero-order valence-corrected chi connectivity index (χ0v) is 12.2. The van der Waals surface area contributed by atoms with Crippen molar-refractivity contribution < 1.29 is 4.74 Å². The first kappa shape index (κ1) is 14.1. The monoisotopic (exact) mass is 296 g/mol. The standard InChI is InChI=1S/C17H16N2O3/c1-22-13-8-6-12(7-9-13)10-11-19-16(20)14-4-2-3-5-15(14)18-17(19)21/h2-9H,10-11H2,1H3,(H,18,21). The topological polar surface area (TPSA) is 64.1 Å². The van der Waals surface area contributed by atoms with Gasteiger partial charge in [-0.1, -0.05) is 24.3 Å². The molecule has 0 aliphatic rings. The highest BCUT2D eigenvalue weighted by molar-refractivity contribution is 5.76. The van der Waals surface area contributed by atoms with Gasteiger partial charge >= 0.3 is 5.69 Å². The molecule has 0 saturated carbocycles. The molecule has 0 spiro atoms. The summed E-state index contributed by atoms with van der Waals surface area (Å²) in [5.74, 6) is 0.782. The second-order valence-corrected chi connectivity index (χ2v) is 5.03. The Morgan fingerprint density at radius 1 is 1.05 bits per heavy atom. The van der Waals surface area contributed by atoms with Gasteiger partial charge in [-0.05, 0) is 36.2 Å². The van der Waals surface area contributed by atoms with Crippen LogP contribution in [0.15, 0.2) is 58.1 Å². The van der Waals surface area contributed by atoms with Crippen LogP contribution in [0.4, 0.5) is 0 Å². The number of rotatable bonds is 4. The van der Waals surface area contributed by atoms with E-state index in [-0.39, 0.29) is 11.2 Å². The molecule has 0 aliphatic carbocycles. The normalized spacial score (nSPS) is 10.8. The number of benzene rings is 2. The zero-order valence-electron chi connectivity index (χ0n) is 12.2. The van der Waals surface area contributed by atoms with Crippen molar-refractivity contribution in [1.29, 1.82) is 0 Å². The van der Waals surface area contributed by atoms with Crippen molar-refractivity contribution in [1.82, 2.24) is 9.55 Å². The first-order valence-corrected chi connectivity index (χ1v) is 7.04. The highest BCUT2D eigenvalue weighted by atomic mass is 16.5. The van der Waals surface area contributed by atoms with Crippen LogP contribution in [0.2, 0.25) is 0 Å². The lowest BCUT2D eigenvalue weighted by Crippen LogP contribution is -2.35. The van der Waals surface area contributed by atoms with E-state index in [0.717, 1.165) is 11.3 Å². The van der Waals surface area contributed by atoms with E-state index in [1.807, 2.05) is 24.3 Å². The SMILES string of the molecule is COc1ccc(CCn2c(=O)[nH]c3ccccc3c2=O)cc1. The fraction of sp³-hybridized carbons (Fsp3) is 0.176. The number of aromatic amines is 1. The van der Waals surface area contributed by atoms with Crippen LogP contribution in [0.25, 0.3) is 10.9 Å². The summed E-state index contributed by atoms with van der Waals surface area (Å²) in [5, 5.41) is 0.525. The average molecular weight is 296 g/mol. The van der Waals surface area contributed by atoms with Crippen molar-refractivity contribution in [2.45, 2.75) is 13.0 Å². The van der Waals surface area contributed by atoms with E-state index in [0.29, 0.717) is 23.9 Å². The number of nitrogens with zero attached hydrogens (tertiary/aromatic N) is 1. The van der Waals surface area contributed by atoms with E-state index >= 15 is 0 Å². The van der Waals surface area contributed by atoms with Gasteiger partial charge in [-0.15, -0.1) is 0 Å². The Bertz CT molecular complexity index is 908. The molecule has 2 aromatic carbocycles. The summed E-state index contributed by atoms with van der Waals surface area (Å²) in [4.78, 5) is 27.2. The van der Waals surface area contributed by atoms with Gasteiger partial charge in [0.15, 0.2) is 0 Å². The maximum atomic E-state index is 12.4. The maximum Gasteiger partial charge on any atom is 0.328 e. The first-order valence-electron chi connectivity index (χ1n) is 7.04. The van der Waals surface area contributed by atoms with Gasteiger partial charge < -0.3 is 9.72 Å². The molecule has 1 N–H and O–H groups in total. The summed E-state index contributed by atoms with van der Waals surface area (Å²) in [7, 11) is 1.61. The van der Waals surface area contributed by atoms with Crippen LogP contribution in [0.1, 0.15) is 5.56 Å². The van der Waals surface area contributed by atoms with Crippen molar-refractivity contribution in [2.75, 3.05) is 7.11 Å². The number of ether oxygens (including phenoxy) is 1. The number of aryl methyl sites for hydroxylation is 1. The Morgan fingerprint density at radius 2 is 1.77 bits per heavy atom. The van der Waals surface area contributed by atoms with Crippen LogP contribution >= 0.6 is 0 Å². The summed E-state index contributed by atoms with van der Waals surface area (Å²) in [6, 6.07) is 14.6. The molecule has 3 aromatic rings. The minimum Gasteiger partial charge on any atom is -0.497 e. The van der Waals surface area contributed by atoms with Crippen LogP contribution in [0.3, 0.4) is 0 Å². The van der Waals surface area contributed by atoms with Crippen molar-refractivity contribution in [3.8, 4) is 5.75 Å². The Hall–Kier alpha value is -2.82. The molecule has 5 nitrogen and oxygen atoms in total. The molecule has 0 saturated heterocycles. The molecule has 0 radical (unpaired) electrons. The van der Waals surface area contributed by atoms with Gasteiger partial charge in [-0.2, -0.15) is 0 Å². The molecule has 0 fully saturated rings. The number of para-hydroxylation sites is 1. The third-order valence-electron chi connectivity index (χ3n) is 3.67. The summed E-state index contributed by atoms with van der Waals surface area (Å²) < 4.78 is 6.35. The van der Waals surface area contributed by atoms with Gasteiger partial charge in [0.1, 0.15) is 5.75 Å². The molecule has 1 aromatic heterocycles. The molecule has 0 unspecified atom stereocenters. The summed E-state index contributed by atoms with van der Waals surface area (Å²) in [5.41, 5.74) is 0.975. The fourth-order valence-electron chi connectivity index (χ4n) is 2.44. The van der Waals surface area contributed by atoms with E-state index in [1.54, 1.807) is 31.4 Å². The minimum absolute atomic E-state index is 0.257. The maximum absolute atomic E-state index is 12.4. The lowest BCUT2D eigenvalue weighted by molar-refractivity contribution is 0.414. The van der Waals surface area contributed by atoms with Crippen LogP contribution in [0.5, 0.6) is 5.75 Å². The number of H-pyrrole nitrogens is 1. The Labute approximate surface area is 126 Å². The van der Waals surface area contributed by atoms with Crippen molar-refractivity contribution in [2.24, 2.45) is 0 Å². The number of fused-ring (bicyclic) bond motifs is 1. The number of nitrogens with one attached hydrogen (secondary N) is 1. The van der Waals surface area contributed by atoms with Gasteiger partial charge in [0.25, 0.3) is 5.56 Å². The molecule has 1 heterocycles. The minimum atomic E-state index is -0.378. The van der Waals surface area contributed by atoms with Crippen LogP contribution in [0, 0.1) is 0 Å². The van der Waals surface area contributed by atoms with Crippen LogP contribution < -0.4 is 16.0 Å². The van der Waals surface area contributed by atoms with E-state index in [1.165, 1.54) is 4.57 Å². The van der Waals surface area contributed by atoms with Crippen molar-refractivity contribution in [3.63, 3.8) is 0 Å². The lowest BCUT2D eigenvalue weighted by atomic mass is 10.1. The quantitative estimate of drug-likeness (QED) is 0.800. The number of hydrogen-bond acceptors (Lipinski definition) is 3. The molecule has 22 heavy (non-hydrogen) atoms. The highest BCUT2D eigenvalue weighted by Gasteiger charge is 2.07. The predicted octanol–water partition coefficient (Wildman–Crippen LogP) is 1.94. The van der Waals surface area contributed by atoms with Crippen molar-refractivity contribution >= 4 is 10.9 Å². The van der Waals surface area contributed by atoms with Gasteiger partial charge in [-0.25, -0.2) is 4.79 Å². The van der Waals surface area contributed by atoms with Gasteiger partial charge in [0.2, 0.25) is 0 Å². The first-order chi connectivity index (χ1) is 10.7. The second-order valence-electron chi connectivity index (χ2n) is 5.03. The smallest absolute Gasteiger partial charge is 0.328 e. The summed E-state index contributed by atoms with van der Waals surface area (Å²) in [6.07, 6.45) is 0.603. The largest absolute Gasteiger partial charge is 0.497 e. The Morgan fingerprint density at radius 3 is 2.50 bits per heavy atom. The van der Waals surface area contributed by atoms with Gasteiger partial charge in [0, 0.05) is 6.54 Å². The predicted molar refractivity (Wildman–Crippen MR) is 85.5 cm³/mol. The fourth-order valence-corrected chi connectivity index (χ4v) is 2.44. The molecule has 0 bridgehead atoms. The lowest BCUT2D eigenvalue weighted by Gasteiger charge is -2.07.